The van der Waals surface area contributed by atoms with Gasteiger partial charge in [-0.2, -0.15) is 0 Å². The van der Waals surface area contributed by atoms with Crippen LogP contribution in [-0.2, 0) is 0 Å². The van der Waals surface area contributed by atoms with Crippen LogP contribution >= 0.6 is 0 Å². The van der Waals surface area contributed by atoms with Gasteiger partial charge in [0.2, 0.25) is 0 Å². The third kappa shape index (κ3) is 2.94. The molecule has 0 amide bonds. The zero-order chi connectivity index (χ0) is 10.7. The summed E-state index contributed by atoms with van der Waals surface area (Å²) >= 11 is 0. The summed E-state index contributed by atoms with van der Waals surface area (Å²) < 4.78 is 0. The van der Waals surface area contributed by atoms with Crippen molar-refractivity contribution in [1.82, 2.24) is 10.2 Å². The van der Waals surface area contributed by atoms with E-state index >= 15 is 0 Å². The molecule has 15 heavy (non-hydrogen) atoms. The first-order valence-electron chi connectivity index (χ1n) is 6.82. The van der Waals surface area contributed by atoms with Crippen molar-refractivity contribution in [2.75, 3.05) is 19.6 Å². The Labute approximate surface area is 94.4 Å². The Bertz CT molecular complexity index is 189. The maximum absolute atomic E-state index is 3.75. The molecule has 1 saturated heterocycles. The topological polar surface area (TPSA) is 15.3 Å². The molecule has 88 valence electrons. The van der Waals surface area contributed by atoms with Crippen molar-refractivity contribution in [3.63, 3.8) is 0 Å². The maximum Gasteiger partial charge on any atom is 0.0224 e. The molecule has 0 aromatic rings. The quantitative estimate of drug-likeness (QED) is 0.749. The minimum atomic E-state index is 0.798. The molecule has 1 aliphatic heterocycles. The predicted molar refractivity (Wildman–Crippen MR) is 65.1 cm³/mol. The number of hydrogen-bond donors (Lipinski definition) is 1. The highest BCUT2D eigenvalue weighted by Crippen LogP contribution is 2.34. The average molecular weight is 210 g/mol. The summed E-state index contributed by atoms with van der Waals surface area (Å²) in [7, 11) is 0. The van der Waals surface area contributed by atoms with Crippen molar-refractivity contribution < 1.29 is 0 Å². The van der Waals surface area contributed by atoms with E-state index in [4.69, 9.17) is 0 Å². The highest BCUT2D eigenvalue weighted by atomic mass is 15.2. The largest absolute Gasteiger partial charge is 0.311 e. The number of nitrogens with zero attached hydrogens (tertiary/aromatic N) is 1. The normalized spacial score (nSPS) is 33.2. The summed E-state index contributed by atoms with van der Waals surface area (Å²) in [5, 5.41) is 3.75. The van der Waals surface area contributed by atoms with E-state index in [1.807, 2.05) is 0 Å². The molecule has 1 saturated carbocycles. The standard InChI is InChI=1S/C13H26N2/c1-3-5-8-15-10-13(11-6-7-11)14-9-12(15)4-2/h11-14H,3-10H2,1-2H3. The molecule has 0 spiro atoms. The van der Waals surface area contributed by atoms with E-state index in [9.17, 15) is 0 Å². The van der Waals surface area contributed by atoms with E-state index in [0.717, 1.165) is 18.0 Å². The number of piperazine rings is 1. The third-order valence-corrected chi connectivity index (χ3v) is 4.02. The van der Waals surface area contributed by atoms with Gasteiger partial charge in [-0.15, -0.1) is 0 Å². The highest BCUT2D eigenvalue weighted by Gasteiger charge is 2.36. The molecule has 0 aromatic heterocycles. The summed E-state index contributed by atoms with van der Waals surface area (Å²) in [5.41, 5.74) is 0. The van der Waals surface area contributed by atoms with Gasteiger partial charge in [0.05, 0.1) is 0 Å². The van der Waals surface area contributed by atoms with Gasteiger partial charge in [0.25, 0.3) is 0 Å². The highest BCUT2D eigenvalue weighted by molar-refractivity contribution is 4.94. The fourth-order valence-corrected chi connectivity index (χ4v) is 2.73. The first-order valence-corrected chi connectivity index (χ1v) is 6.82. The lowest BCUT2D eigenvalue weighted by molar-refractivity contribution is 0.117. The van der Waals surface area contributed by atoms with Crippen LogP contribution in [0.25, 0.3) is 0 Å². The summed E-state index contributed by atoms with van der Waals surface area (Å²) in [4.78, 5) is 2.74. The van der Waals surface area contributed by atoms with Gasteiger partial charge in [0.15, 0.2) is 0 Å². The number of nitrogens with one attached hydrogen (secondary N) is 1. The number of rotatable bonds is 5. The van der Waals surface area contributed by atoms with Gasteiger partial charge in [-0.05, 0) is 38.1 Å². The van der Waals surface area contributed by atoms with Crippen molar-refractivity contribution in [3.8, 4) is 0 Å². The zero-order valence-corrected chi connectivity index (χ0v) is 10.3. The maximum atomic E-state index is 3.75. The SMILES string of the molecule is CCCCN1CC(C2CC2)NCC1CC. The van der Waals surface area contributed by atoms with Gasteiger partial charge in [-0.1, -0.05) is 20.3 Å². The molecule has 2 heteroatoms. The van der Waals surface area contributed by atoms with Crippen LogP contribution in [0.1, 0.15) is 46.0 Å². The molecular formula is C13H26N2. The first-order chi connectivity index (χ1) is 7.35. The Morgan fingerprint density at radius 1 is 1.27 bits per heavy atom. The molecule has 0 radical (unpaired) electrons. The Morgan fingerprint density at radius 2 is 2.07 bits per heavy atom. The van der Waals surface area contributed by atoms with Crippen molar-refractivity contribution in [1.29, 1.82) is 0 Å². The molecule has 1 heterocycles. The molecule has 1 N–H and O–H groups in total. The summed E-state index contributed by atoms with van der Waals surface area (Å²) in [6.07, 6.45) is 6.93. The van der Waals surface area contributed by atoms with Crippen LogP contribution < -0.4 is 5.32 Å². The van der Waals surface area contributed by atoms with Crippen LogP contribution in [0.5, 0.6) is 0 Å². The van der Waals surface area contributed by atoms with Crippen LogP contribution in [0, 0.1) is 5.92 Å². The first kappa shape index (κ1) is 11.4. The van der Waals surface area contributed by atoms with Crippen molar-refractivity contribution in [3.05, 3.63) is 0 Å². The van der Waals surface area contributed by atoms with Gasteiger partial charge in [0, 0.05) is 25.2 Å². The second kappa shape index (κ2) is 5.31. The Balaban J connectivity index is 1.83. The van der Waals surface area contributed by atoms with Crippen molar-refractivity contribution >= 4 is 0 Å². The second-order valence-electron chi connectivity index (χ2n) is 5.26. The lowest BCUT2D eigenvalue weighted by Gasteiger charge is -2.40. The van der Waals surface area contributed by atoms with Gasteiger partial charge in [-0.25, -0.2) is 0 Å². The Morgan fingerprint density at radius 3 is 2.67 bits per heavy atom. The summed E-state index contributed by atoms with van der Waals surface area (Å²) in [5.74, 6) is 1.01. The lowest BCUT2D eigenvalue weighted by atomic mass is 10.0. The Hall–Kier alpha value is -0.0800. The van der Waals surface area contributed by atoms with Gasteiger partial charge in [-0.3, -0.25) is 4.90 Å². The zero-order valence-electron chi connectivity index (χ0n) is 10.3. The molecule has 0 aromatic carbocycles. The van der Waals surface area contributed by atoms with E-state index in [1.165, 1.54) is 51.7 Å². The van der Waals surface area contributed by atoms with Crippen LogP contribution in [-0.4, -0.2) is 36.6 Å². The molecule has 2 aliphatic rings. The molecule has 1 aliphatic carbocycles. The van der Waals surface area contributed by atoms with Gasteiger partial charge < -0.3 is 5.32 Å². The van der Waals surface area contributed by atoms with E-state index in [2.05, 4.69) is 24.1 Å². The van der Waals surface area contributed by atoms with E-state index in [0.29, 0.717) is 0 Å². The van der Waals surface area contributed by atoms with E-state index < -0.39 is 0 Å². The van der Waals surface area contributed by atoms with E-state index in [-0.39, 0.29) is 0 Å². The molecule has 0 bridgehead atoms. The van der Waals surface area contributed by atoms with Crippen LogP contribution in [0.4, 0.5) is 0 Å². The molecule has 2 nitrogen and oxygen atoms in total. The molecule has 2 fully saturated rings. The fourth-order valence-electron chi connectivity index (χ4n) is 2.73. The predicted octanol–water partition coefficient (Wildman–Crippen LogP) is 2.25. The van der Waals surface area contributed by atoms with E-state index in [1.54, 1.807) is 0 Å². The van der Waals surface area contributed by atoms with Gasteiger partial charge >= 0.3 is 0 Å². The van der Waals surface area contributed by atoms with Gasteiger partial charge in [0.1, 0.15) is 0 Å². The van der Waals surface area contributed by atoms with Crippen LogP contribution in [0.15, 0.2) is 0 Å². The molecule has 2 rings (SSSR count). The summed E-state index contributed by atoms with van der Waals surface area (Å²) in [6, 6.07) is 1.61. The van der Waals surface area contributed by atoms with Crippen molar-refractivity contribution in [2.24, 2.45) is 5.92 Å². The minimum Gasteiger partial charge on any atom is -0.311 e. The minimum absolute atomic E-state index is 0.798. The second-order valence-corrected chi connectivity index (χ2v) is 5.26. The van der Waals surface area contributed by atoms with Crippen LogP contribution in [0.2, 0.25) is 0 Å². The molecule has 2 atom stereocenters. The third-order valence-electron chi connectivity index (χ3n) is 4.02. The smallest absolute Gasteiger partial charge is 0.0224 e. The molecule has 2 unspecified atom stereocenters. The Kier molecular flexibility index (Phi) is 4.04. The lowest BCUT2D eigenvalue weighted by Crippen LogP contribution is -2.57. The van der Waals surface area contributed by atoms with Crippen molar-refractivity contribution in [2.45, 2.75) is 58.0 Å². The number of hydrogen-bond acceptors (Lipinski definition) is 2. The number of unbranched alkanes of at least 4 members (excludes halogenated alkanes) is 1. The average Bonchev–Trinajstić information content (AvgIpc) is 3.09. The monoisotopic (exact) mass is 210 g/mol. The molecular weight excluding hydrogens is 184 g/mol. The van der Waals surface area contributed by atoms with Crippen LogP contribution in [0.3, 0.4) is 0 Å². The fraction of sp³-hybridized carbons (Fsp3) is 1.00. The summed E-state index contributed by atoms with van der Waals surface area (Å²) in [6.45, 7) is 8.47.